The molecule has 0 atom stereocenters. The fourth-order valence-electron chi connectivity index (χ4n) is 6.89. The zero-order valence-corrected chi connectivity index (χ0v) is 39.2. The molecular weight excluding hydrogens is 798 g/mol. The number of carbonyl (C=O) groups is 3. The molecule has 0 saturated heterocycles. The number of aliphatic hydroxyl groups is 2. The lowest BCUT2D eigenvalue weighted by Gasteiger charge is -2.34. The van der Waals surface area contributed by atoms with Gasteiger partial charge in [-0.15, -0.1) is 0 Å². The number of unbranched alkanes of at least 4 members (excludes halogenated alkanes) is 22. The molecule has 0 unspecified atom stereocenters. The summed E-state index contributed by atoms with van der Waals surface area (Å²) in [5, 5.41) is 25.5. The number of esters is 2. The predicted octanol–water partition coefficient (Wildman–Crippen LogP) is 6.61. The van der Waals surface area contributed by atoms with Crippen molar-refractivity contribution in [2.75, 3.05) is 59.7 Å². The van der Waals surface area contributed by atoms with E-state index in [0.717, 1.165) is 51.4 Å². The van der Waals surface area contributed by atoms with Gasteiger partial charge in [0.05, 0.1) is 20.3 Å². The number of halogens is 1. The average Bonchev–Trinajstić information content (AvgIpc) is 3.20. The molecule has 58 heavy (non-hydrogen) atoms. The molecule has 0 aromatic heterocycles. The zero-order chi connectivity index (χ0) is 41.9. The number of aliphatic hydroxyl groups excluding tert-OH is 2. The molecule has 0 saturated carbocycles. The van der Waals surface area contributed by atoms with Gasteiger partial charge in [-0.1, -0.05) is 141 Å². The van der Waals surface area contributed by atoms with Crippen molar-refractivity contribution in [1.82, 2.24) is 10.6 Å². The number of carbonyl (C=O) groups excluding carboxylic acids is 3. The molecule has 0 aliphatic carbocycles. The molecule has 0 aromatic rings. The summed E-state index contributed by atoms with van der Waals surface area (Å²) in [6, 6.07) is 0. The third kappa shape index (κ3) is 37.4. The summed E-state index contributed by atoms with van der Waals surface area (Å²) in [6.07, 6.45) is 40.5. The maximum Gasteiger partial charge on any atom is 0.345 e. The van der Waals surface area contributed by atoms with Crippen LogP contribution in [0.1, 0.15) is 194 Å². The standard InChI is InChI=1S/C47H90N3O7.BrH/c1-4-6-8-10-12-14-16-18-20-22-24-26-28-30-32-34-44(53)56-42-36-48-46(47(55)50(3,38-40-51)39-41-52)49-37-43-57-45(54)35-33-31-29-27-25-23-21-19-17-15-13-11-9-7-5-2;/h18-21,46,48-49,51-52H,4-17,22-43H2,1-3H3;1H/q+1;/p-1/b20-18-,21-19-;. The Labute approximate surface area is 366 Å². The van der Waals surface area contributed by atoms with Gasteiger partial charge >= 0.3 is 17.8 Å². The first-order valence-electron chi connectivity index (χ1n) is 23.5. The van der Waals surface area contributed by atoms with E-state index < -0.39 is 6.17 Å². The topological polar surface area (TPSA) is 134 Å². The number of hydrogen-bond donors (Lipinski definition) is 4. The van der Waals surface area contributed by atoms with Crippen molar-refractivity contribution >= 4 is 17.8 Å². The fourth-order valence-corrected chi connectivity index (χ4v) is 6.89. The van der Waals surface area contributed by atoms with E-state index in [1.807, 2.05) is 0 Å². The van der Waals surface area contributed by atoms with Crippen LogP contribution in [0, 0.1) is 0 Å². The molecular formula is C47H90BrN3O7. The van der Waals surface area contributed by atoms with Gasteiger partial charge < -0.3 is 36.7 Å². The molecule has 0 aliphatic rings. The second-order valence-corrected chi connectivity index (χ2v) is 16.1. The number of nitrogens with one attached hydrogen (secondary N) is 2. The Morgan fingerprint density at radius 2 is 0.828 bits per heavy atom. The van der Waals surface area contributed by atoms with Crippen LogP contribution in [0.25, 0.3) is 0 Å². The van der Waals surface area contributed by atoms with Crippen molar-refractivity contribution in [3.05, 3.63) is 24.3 Å². The van der Waals surface area contributed by atoms with Crippen molar-refractivity contribution < 1.29 is 55.5 Å². The Bertz CT molecular complexity index is 931. The molecule has 0 fully saturated rings. The quantitative estimate of drug-likeness (QED) is 0.0176. The van der Waals surface area contributed by atoms with Gasteiger partial charge in [0, 0.05) is 25.9 Å². The van der Waals surface area contributed by atoms with Gasteiger partial charge in [0.25, 0.3) is 0 Å². The Balaban J connectivity index is 0. The highest BCUT2D eigenvalue weighted by molar-refractivity contribution is 5.75. The van der Waals surface area contributed by atoms with Gasteiger partial charge in [-0.3, -0.25) is 24.7 Å². The Kier molecular flexibility index (Phi) is 45.3. The lowest BCUT2D eigenvalue weighted by molar-refractivity contribution is -0.836. The maximum absolute atomic E-state index is 13.5. The Hall–Kier alpha value is -1.63. The van der Waals surface area contributed by atoms with Crippen LogP contribution < -0.4 is 27.6 Å². The van der Waals surface area contributed by atoms with Crippen molar-refractivity contribution in [2.24, 2.45) is 0 Å². The van der Waals surface area contributed by atoms with Gasteiger partial charge in [0.2, 0.25) is 0 Å². The molecule has 0 radical (unpaired) electrons. The number of allylic oxidation sites excluding steroid dienone is 4. The molecule has 10 nitrogen and oxygen atoms in total. The molecule has 1 amide bonds. The van der Waals surface area contributed by atoms with E-state index in [0.29, 0.717) is 12.8 Å². The normalized spacial score (nSPS) is 11.8. The lowest BCUT2D eigenvalue weighted by atomic mass is 10.1. The molecule has 0 aliphatic heterocycles. The number of quaternary nitrogens is 1. The highest BCUT2D eigenvalue weighted by atomic mass is 79.9. The minimum Gasteiger partial charge on any atom is -1.00 e. The first-order valence-corrected chi connectivity index (χ1v) is 23.5. The monoisotopic (exact) mass is 888 g/mol. The Morgan fingerprint density at radius 1 is 0.517 bits per heavy atom. The molecule has 342 valence electrons. The van der Waals surface area contributed by atoms with Gasteiger partial charge in [0.15, 0.2) is 6.17 Å². The number of likely N-dealkylation sites (N-methyl/N-ethyl adjacent to an activating group) is 1. The largest absolute Gasteiger partial charge is 1.00 e. The average molecular weight is 889 g/mol. The first kappa shape index (κ1) is 58.5. The lowest BCUT2D eigenvalue weighted by Crippen LogP contribution is -3.00. The molecule has 11 heteroatoms. The second kappa shape index (κ2) is 44.9. The van der Waals surface area contributed by atoms with Crippen molar-refractivity contribution in [1.29, 1.82) is 0 Å². The highest BCUT2D eigenvalue weighted by Crippen LogP contribution is 2.12. The van der Waals surface area contributed by atoms with Crippen LogP contribution in [0.15, 0.2) is 24.3 Å². The predicted molar refractivity (Wildman–Crippen MR) is 236 cm³/mol. The van der Waals surface area contributed by atoms with Crippen LogP contribution >= 0.6 is 0 Å². The van der Waals surface area contributed by atoms with E-state index in [2.05, 4.69) is 48.8 Å². The molecule has 0 aromatic carbocycles. The fraction of sp³-hybridized carbons (Fsp3) is 0.851. The third-order valence-corrected chi connectivity index (χ3v) is 10.7. The van der Waals surface area contributed by atoms with Gasteiger partial charge in [0.1, 0.15) is 26.3 Å². The Morgan fingerprint density at radius 3 is 1.16 bits per heavy atom. The second-order valence-electron chi connectivity index (χ2n) is 16.1. The van der Waals surface area contributed by atoms with Crippen LogP contribution in [0.2, 0.25) is 0 Å². The summed E-state index contributed by atoms with van der Waals surface area (Å²) in [5.74, 6) is -0.758. The highest BCUT2D eigenvalue weighted by Gasteiger charge is 2.37. The van der Waals surface area contributed by atoms with Gasteiger partial charge in [-0.2, -0.15) is 0 Å². The summed E-state index contributed by atoms with van der Waals surface area (Å²) in [7, 11) is 1.67. The van der Waals surface area contributed by atoms with E-state index in [1.165, 1.54) is 116 Å². The maximum atomic E-state index is 13.5. The third-order valence-electron chi connectivity index (χ3n) is 10.7. The molecule has 0 bridgehead atoms. The summed E-state index contributed by atoms with van der Waals surface area (Å²) >= 11 is 0. The summed E-state index contributed by atoms with van der Waals surface area (Å²) in [6.45, 7) is 5.10. The SMILES string of the molecule is CCCCCCCC/C=C\CCCCCCCC(=O)OCCNC(NCCOC(=O)CCCCCCC/C=C\CCCCCCCC)C(=O)[N+](C)(CCO)CCO.[Br-]. The minimum absolute atomic E-state index is 0. The van der Waals surface area contributed by atoms with Crippen molar-refractivity contribution in [2.45, 2.75) is 200 Å². The van der Waals surface area contributed by atoms with E-state index in [1.54, 1.807) is 7.05 Å². The minimum atomic E-state index is -0.846. The van der Waals surface area contributed by atoms with Gasteiger partial charge in [-0.05, 0) is 64.2 Å². The van der Waals surface area contributed by atoms with E-state index >= 15 is 0 Å². The molecule has 4 N–H and O–H groups in total. The van der Waals surface area contributed by atoms with Crippen LogP contribution in [0.3, 0.4) is 0 Å². The van der Waals surface area contributed by atoms with Crippen molar-refractivity contribution in [3.8, 4) is 0 Å². The number of hydrogen-bond acceptors (Lipinski definition) is 9. The smallest absolute Gasteiger partial charge is 0.345 e. The van der Waals surface area contributed by atoms with E-state index in [9.17, 15) is 24.6 Å². The van der Waals surface area contributed by atoms with Crippen LogP contribution in [-0.4, -0.2) is 98.4 Å². The number of rotatable bonds is 43. The summed E-state index contributed by atoms with van der Waals surface area (Å²) < 4.78 is 10.7. The van der Waals surface area contributed by atoms with Crippen LogP contribution in [0.5, 0.6) is 0 Å². The van der Waals surface area contributed by atoms with Crippen LogP contribution in [0.4, 0.5) is 0 Å². The van der Waals surface area contributed by atoms with Crippen molar-refractivity contribution in [3.63, 3.8) is 0 Å². The van der Waals surface area contributed by atoms with E-state index in [4.69, 9.17) is 9.47 Å². The number of amides is 1. The molecule has 0 spiro atoms. The van der Waals surface area contributed by atoms with Crippen LogP contribution in [-0.2, 0) is 23.9 Å². The van der Waals surface area contributed by atoms with Gasteiger partial charge in [-0.25, -0.2) is 4.79 Å². The first-order chi connectivity index (χ1) is 27.8. The summed E-state index contributed by atoms with van der Waals surface area (Å²) in [5.41, 5.74) is 0. The number of ether oxygens (including phenoxy) is 2. The molecule has 0 heterocycles. The van der Waals surface area contributed by atoms with E-state index in [-0.39, 0.29) is 91.9 Å². The zero-order valence-electron chi connectivity index (χ0n) is 37.6. The number of nitrogens with zero attached hydrogens (tertiary/aromatic N) is 1. The molecule has 0 rings (SSSR count). The summed E-state index contributed by atoms with van der Waals surface area (Å²) in [4.78, 5) is 38.2.